The van der Waals surface area contributed by atoms with Crippen LogP contribution in [0.5, 0.6) is 5.75 Å². The Morgan fingerprint density at radius 1 is 1.30 bits per heavy atom. The van der Waals surface area contributed by atoms with Gasteiger partial charge in [-0.05, 0) is 31.2 Å². The zero-order valence-corrected chi connectivity index (χ0v) is 12.9. The number of nitrogens with one attached hydrogen (secondary N) is 2. The van der Waals surface area contributed by atoms with Crippen LogP contribution >= 0.6 is 11.3 Å². The number of nitrogens with zero attached hydrogens (tertiary/aromatic N) is 1. The van der Waals surface area contributed by atoms with Gasteiger partial charge in [0.2, 0.25) is 5.91 Å². The number of aromatic nitrogens is 1. The monoisotopic (exact) mass is 345 g/mol. The molecule has 9 heteroatoms. The Bertz CT molecular complexity index is 656. The van der Waals surface area contributed by atoms with Crippen LogP contribution < -0.4 is 15.4 Å². The zero-order valence-electron chi connectivity index (χ0n) is 12.1. The molecule has 0 atom stereocenters. The molecule has 0 unspecified atom stereocenters. The average molecular weight is 345 g/mol. The van der Waals surface area contributed by atoms with Gasteiger partial charge in [-0.1, -0.05) is 0 Å². The second kappa shape index (κ2) is 7.32. The Morgan fingerprint density at radius 3 is 2.61 bits per heavy atom. The van der Waals surface area contributed by atoms with Crippen LogP contribution in [0.15, 0.2) is 29.6 Å². The predicted molar refractivity (Wildman–Crippen MR) is 80.9 cm³/mol. The lowest BCUT2D eigenvalue weighted by molar-refractivity contribution is -0.274. The molecule has 23 heavy (non-hydrogen) atoms. The maximum Gasteiger partial charge on any atom is 0.573 e. The van der Waals surface area contributed by atoms with Crippen molar-refractivity contribution in [1.82, 2.24) is 10.3 Å². The standard InChI is InChI=1S/C14H14F3N3O2S/c1-2-18-12(21)7-10-8-23-13(20-10)19-9-3-5-11(6-4-9)22-14(15,16)17/h3-6,8H,2,7H2,1H3,(H,18,21)(H,19,20). The number of carbonyl (C=O) groups excluding carboxylic acids is 1. The van der Waals surface area contributed by atoms with Crippen molar-refractivity contribution in [2.24, 2.45) is 0 Å². The second-order valence-corrected chi connectivity index (χ2v) is 5.33. The first-order valence-corrected chi connectivity index (χ1v) is 7.57. The van der Waals surface area contributed by atoms with Crippen LogP contribution in [0, 0.1) is 0 Å². The van der Waals surface area contributed by atoms with Gasteiger partial charge in [-0.2, -0.15) is 0 Å². The third-order valence-electron chi connectivity index (χ3n) is 2.61. The summed E-state index contributed by atoms with van der Waals surface area (Å²) in [5.41, 5.74) is 1.19. The van der Waals surface area contributed by atoms with Crippen molar-refractivity contribution in [3.63, 3.8) is 0 Å². The van der Waals surface area contributed by atoms with Crippen molar-refractivity contribution >= 4 is 28.1 Å². The summed E-state index contributed by atoms with van der Waals surface area (Å²) in [6.45, 7) is 2.39. The molecule has 0 aliphatic carbocycles. The van der Waals surface area contributed by atoms with E-state index in [4.69, 9.17) is 0 Å². The number of amides is 1. The first kappa shape index (κ1) is 17.1. The van der Waals surface area contributed by atoms with E-state index in [1.165, 1.54) is 35.6 Å². The fraction of sp³-hybridized carbons (Fsp3) is 0.286. The molecule has 2 aromatic rings. The SMILES string of the molecule is CCNC(=O)Cc1csc(Nc2ccc(OC(F)(F)F)cc2)n1. The molecular formula is C14H14F3N3O2S. The first-order chi connectivity index (χ1) is 10.9. The van der Waals surface area contributed by atoms with Gasteiger partial charge >= 0.3 is 6.36 Å². The largest absolute Gasteiger partial charge is 0.573 e. The molecule has 0 saturated carbocycles. The number of rotatable bonds is 6. The topological polar surface area (TPSA) is 63.2 Å². The van der Waals surface area contributed by atoms with E-state index in [1.54, 1.807) is 5.38 Å². The molecule has 5 nitrogen and oxygen atoms in total. The minimum atomic E-state index is -4.71. The van der Waals surface area contributed by atoms with Gasteiger partial charge < -0.3 is 15.4 Å². The van der Waals surface area contributed by atoms with Gasteiger partial charge in [-0.3, -0.25) is 4.79 Å². The van der Waals surface area contributed by atoms with E-state index >= 15 is 0 Å². The number of anilines is 2. The van der Waals surface area contributed by atoms with E-state index < -0.39 is 6.36 Å². The van der Waals surface area contributed by atoms with Crippen LogP contribution in [0.2, 0.25) is 0 Å². The van der Waals surface area contributed by atoms with Crippen molar-refractivity contribution in [1.29, 1.82) is 0 Å². The van der Waals surface area contributed by atoms with E-state index in [-0.39, 0.29) is 18.1 Å². The van der Waals surface area contributed by atoms with Gasteiger partial charge in [0.05, 0.1) is 12.1 Å². The molecule has 2 rings (SSSR count). The number of ether oxygens (including phenoxy) is 1. The molecule has 124 valence electrons. The molecule has 2 N–H and O–H groups in total. The van der Waals surface area contributed by atoms with Gasteiger partial charge in [0, 0.05) is 17.6 Å². The molecule has 1 aromatic carbocycles. The average Bonchev–Trinajstić information content (AvgIpc) is 2.87. The molecule has 1 heterocycles. The molecule has 1 aromatic heterocycles. The smallest absolute Gasteiger partial charge is 0.406 e. The quantitative estimate of drug-likeness (QED) is 0.842. The van der Waals surface area contributed by atoms with Crippen LogP contribution in [0.3, 0.4) is 0 Å². The fourth-order valence-electron chi connectivity index (χ4n) is 1.73. The molecule has 0 saturated heterocycles. The lowest BCUT2D eigenvalue weighted by Crippen LogP contribution is -2.24. The minimum absolute atomic E-state index is 0.113. The molecule has 1 amide bonds. The van der Waals surface area contributed by atoms with Gasteiger partial charge in [0.25, 0.3) is 0 Å². The highest BCUT2D eigenvalue weighted by Gasteiger charge is 2.30. The van der Waals surface area contributed by atoms with E-state index in [2.05, 4.69) is 20.4 Å². The Morgan fingerprint density at radius 2 is 2.00 bits per heavy atom. The molecule has 0 aliphatic heterocycles. The van der Waals surface area contributed by atoms with Crippen molar-refractivity contribution < 1.29 is 22.7 Å². The third kappa shape index (κ3) is 5.78. The van der Waals surface area contributed by atoms with E-state index in [1.807, 2.05) is 6.92 Å². The van der Waals surface area contributed by atoms with Crippen molar-refractivity contribution in [2.45, 2.75) is 19.7 Å². The molecule has 0 spiro atoms. The van der Waals surface area contributed by atoms with Gasteiger partial charge in [0.15, 0.2) is 5.13 Å². The van der Waals surface area contributed by atoms with Gasteiger partial charge in [-0.25, -0.2) is 4.98 Å². The van der Waals surface area contributed by atoms with Crippen LogP contribution in [0.25, 0.3) is 0 Å². The number of likely N-dealkylation sites (N-methyl/N-ethyl adjacent to an activating group) is 1. The second-order valence-electron chi connectivity index (χ2n) is 4.47. The lowest BCUT2D eigenvalue weighted by Gasteiger charge is -2.09. The summed E-state index contributed by atoms with van der Waals surface area (Å²) in [7, 11) is 0. The fourth-order valence-corrected chi connectivity index (χ4v) is 2.46. The lowest BCUT2D eigenvalue weighted by atomic mass is 10.3. The maximum absolute atomic E-state index is 12.1. The van der Waals surface area contributed by atoms with Gasteiger partial charge in [0.1, 0.15) is 5.75 Å². The number of thiazole rings is 1. The van der Waals surface area contributed by atoms with Crippen molar-refractivity contribution in [3.8, 4) is 5.75 Å². The summed E-state index contributed by atoms with van der Waals surface area (Å²) >= 11 is 1.31. The molecule has 0 bridgehead atoms. The summed E-state index contributed by atoms with van der Waals surface area (Å²) in [6.07, 6.45) is -4.53. The summed E-state index contributed by atoms with van der Waals surface area (Å²) in [4.78, 5) is 15.7. The highest BCUT2D eigenvalue weighted by Crippen LogP contribution is 2.26. The highest BCUT2D eigenvalue weighted by atomic mass is 32.1. The Hall–Kier alpha value is -2.29. The van der Waals surface area contributed by atoms with Crippen LogP contribution in [0.4, 0.5) is 24.0 Å². The first-order valence-electron chi connectivity index (χ1n) is 6.69. The molecule has 0 fully saturated rings. The minimum Gasteiger partial charge on any atom is -0.406 e. The summed E-state index contributed by atoms with van der Waals surface area (Å²) in [5.74, 6) is -0.405. The van der Waals surface area contributed by atoms with Crippen molar-refractivity contribution in [3.05, 3.63) is 35.3 Å². The van der Waals surface area contributed by atoms with Gasteiger partial charge in [-0.15, -0.1) is 24.5 Å². The number of carbonyl (C=O) groups is 1. The molecular weight excluding hydrogens is 331 g/mol. The van der Waals surface area contributed by atoms with Crippen LogP contribution in [-0.2, 0) is 11.2 Å². The number of hydrogen-bond acceptors (Lipinski definition) is 5. The van der Waals surface area contributed by atoms with Crippen LogP contribution in [0.1, 0.15) is 12.6 Å². The third-order valence-corrected chi connectivity index (χ3v) is 3.41. The Balaban J connectivity index is 1.94. The molecule has 0 radical (unpaired) electrons. The summed E-state index contributed by atoms with van der Waals surface area (Å²) in [5, 5.41) is 7.93. The number of alkyl halides is 3. The number of benzene rings is 1. The van der Waals surface area contributed by atoms with Crippen LogP contribution in [-0.4, -0.2) is 23.8 Å². The van der Waals surface area contributed by atoms with E-state index in [9.17, 15) is 18.0 Å². The maximum atomic E-state index is 12.1. The summed E-state index contributed by atoms with van der Waals surface area (Å²) < 4.78 is 40.0. The zero-order chi connectivity index (χ0) is 16.9. The Kier molecular flexibility index (Phi) is 5.43. The highest BCUT2D eigenvalue weighted by molar-refractivity contribution is 7.13. The molecule has 0 aliphatic rings. The normalized spacial score (nSPS) is 11.1. The predicted octanol–water partition coefficient (Wildman–Crippen LogP) is 3.46. The van der Waals surface area contributed by atoms with E-state index in [0.717, 1.165) is 0 Å². The number of hydrogen-bond donors (Lipinski definition) is 2. The van der Waals surface area contributed by atoms with E-state index in [0.29, 0.717) is 23.1 Å². The summed E-state index contributed by atoms with van der Waals surface area (Å²) in [6, 6.07) is 5.32. The Labute approximate surface area is 134 Å². The van der Waals surface area contributed by atoms with Crippen molar-refractivity contribution in [2.75, 3.05) is 11.9 Å². The number of halogens is 3.